The van der Waals surface area contributed by atoms with Gasteiger partial charge >= 0.3 is 0 Å². The molecule has 98 valence electrons. The van der Waals surface area contributed by atoms with Gasteiger partial charge in [-0.1, -0.05) is 29.8 Å². The van der Waals surface area contributed by atoms with Crippen molar-refractivity contribution in [3.05, 3.63) is 51.3 Å². The molecule has 0 aliphatic heterocycles. The summed E-state index contributed by atoms with van der Waals surface area (Å²) in [6, 6.07) is 8.21. The lowest BCUT2D eigenvalue weighted by Gasteiger charge is -2.02. The van der Waals surface area contributed by atoms with E-state index in [4.69, 9.17) is 0 Å². The van der Waals surface area contributed by atoms with Gasteiger partial charge in [-0.3, -0.25) is 4.79 Å². The zero-order chi connectivity index (χ0) is 12.7. The summed E-state index contributed by atoms with van der Waals surface area (Å²) < 4.78 is 1.73. The van der Waals surface area contributed by atoms with Crippen LogP contribution >= 0.6 is 11.3 Å². The first-order valence-electron chi connectivity index (χ1n) is 5.57. The van der Waals surface area contributed by atoms with Crippen molar-refractivity contribution >= 4 is 16.3 Å². The van der Waals surface area contributed by atoms with Crippen molar-refractivity contribution in [2.45, 2.75) is 13.8 Å². The first-order valence-corrected chi connectivity index (χ1v) is 6.45. The molecule has 0 N–H and O–H groups in total. The molecule has 0 spiro atoms. The highest BCUT2D eigenvalue weighted by atomic mass is 79.9. The third kappa shape index (κ3) is 2.46. The number of aryl methyl sites for hydroxylation is 2. The molecule has 0 aliphatic carbocycles. The largest absolute Gasteiger partial charge is 1.00 e. The Morgan fingerprint density at radius 2 is 1.84 bits per heavy atom. The maximum Gasteiger partial charge on any atom is 0.295 e. The minimum Gasteiger partial charge on any atom is -1.00 e. The minimum atomic E-state index is -0.257. The molecule has 4 nitrogen and oxygen atoms in total. The van der Waals surface area contributed by atoms with E-state index in [1.165, 1.54) is 16.9 Å². The Labute approximate surface area is 124 Å². The molecule has 0 radical (unpaired) electrons. The summed E-state index contributed by atoms with van der Waals surface area (Å²) in [6.07, 6.45) is 0. The molecule has 0 saturated carbocycles. The molecule has 0 fully saturated rings. The van der Waals surface area contributed by atoms with Crippen LogP contribution in [0.5, 0.6) is 0 Å². The Morgan fingerprint density at radius 1 is 1.16 bits per heavy atom. The molecule has 2 aromatic heterocycles. The van der Waals surface area contributed by atoms with Crippen molar-refractivity contribution in [1.82, 2.24) is 14.6 Å². The second-order valence-electron chi connectivity index (χ2n) is 4.18. The van der Waals surface area contributed by atoms with Crippen molar-refractivity contribution < 1.29 is 17.0 Å². The van der Waals surface area contributed by atoms with Gasteiger partial charge in [0.2, 0.25) is 4.96 Å². The van der Waals surface area contributed by atoms with E-state index in [2.05, 4.69) is 29.1 Å². The van der Waals surface area contributed by atoms with Crippen LogP contribution in [0.1, 0.15) is 11.3 Å². The summed E-state index contributed by atoms with van der Waals surface area (Å²) in [7, 11) is 0. The van der Waals surface area contributed by atoms with E-state index in [-0.39, 0.29) is 22.5 Å². The van der Waals surface area contributed by atoms with Crippen LogP contribution in [0.2, 0.25) is 0 Å². The second kappa shape index (κ2) is 5.22. The Bertz CT molecular complexity index is 777. The Kier molecular flexibility index (Phi) is 3.82. The number of fused-ring (bicyclic) bond motifs is 1. The SMILES string of the molecule is Cc1ccc(-c2csc3nc(=O)c(C)nn23)cc1.[Br-]. The van der Waals surface area contributed by atoms with Crippen molar-refractivity contribution in [1.29, 1.82) is 0 Å². The van der Waals surface area contributed by atoms with Crippen LogP contribution in [-0.4, -0.2) is 14.6 Å². The smallest absolute Gasteiger partial charge is 0.295 e. The van der Waals surface area contributed by atoms with E-state index in [0.29, 0.717) is 10.7 Å². The van der Waals surface area contributed by atoms with Gasteiger partial charge in [0.15, 0.2) is 0 Å². The minimum absolute atomic E-state index is 0. The predicted molar refractivity (Wildman–Crippen MR) is 72.0 cm³/mol. The number of thiazole rings is 1. The van der Waals surface area contributed by atoms with E-state index in [1.54, 1.807) is 11.4 Å². The van der Waals surface area contributed by atoms with Crippen molar-refractivity contribution in [2.24, 2.45) is 0 Å². The number of hydrogen-bond donors (Lipinski definition) is 0. The van der Waals surface area contributed by atoms with Gasteiger partial charge in [0.1, 0.15) is 5.69 Å². The fraction of sp³-hybridized carbons (Fsp3) is 0.154. The first-order chi connectivity index (χ1) is 8.65. The lowest BCUT2D eigenvalue weighted by molar-refractivity contribution is -0.00000384. The summed E-state index contributed by atoms with van der Waals surface area (Å²) in [5.41, 5.74) is 3.41. The van der Waals surface area contributed by atoms with Crippen LogP contribution in [0.15, 0.2) is 34.4 Å². The van der Waals surface area contributed by atoms with Crippen LogP contribution in [-0.2, 0) is 0 Å². The van der Waals surface area contributed by atoms with Gasteiger partial charge in [-0.25, -0.2) is 4.52 Å². The van der Waals surface area contributed by atoms with E-state index >= 15 is 0 Å². The standard InChI is InChI=1S/C13H11N3OS.BrH/c1-8-3-5-10(6-4-8)11-7-18-13-14-12(17)9(2)15-16(11)13;/h3-7H,1-2H3;1H/p-1. The molecule has 0 saturated heterocycles. The summed E-state index contributed by atoms with van der Waals surface area (Å²) in [5.74, 6) is 0. The lowest BCUT2D eigenvalue weighted by atomic mass is 10.1. The summed E-state index contributed by atoms with van der Waals surface area (Å²) in [6.45, 7) is 3.73. The molecule has 0 aliphatic rings. The monoisotopic (exact) mass is 336 g/mol. The Balaban J connectivity index is 0.00000133. The average molecular weight is 337 g/mol. The highest BCUT2D eigenvalue weighted by Crippen LogP contribution is 2.23. The molecule has 3 aromatic rings. The summed E-state index contributed by atoms with van der Waals surface area (Å²) in [5, 5.41) is 6.26. The molecule has 0 bridgehead atoms. The molecule has 2 heterocycles. The molecule has 3 rings (SSSR count). The van der Waals surface area contributed by atoms with Crippen LogP contribution in [0, 0.1) is 13.8 Å². The number of benzene rings is 1. The number of aromatic nitrogens is 3. The zero-order valence-electron chi connectivity index (χ0n) is 10.4. The lowest BCUT2D eigenvalue weighted by Crippen LogP contribution is -3.00. The Morgan fingerprint density at radius 3 is 2.53 bits per heavy atom. The number of halogens is 1. The maximum atomic E-state index is 11.4. The molecule has 0 unspecified atom stereocenters. The van der Waals surface area contributed by atoms with Crippen LogP contribution in [0.4, 0.5) is 0 Å². The maximum absolute atomic E-state index is 11.4. The Hall–Kier alpha value is -1.53. The van der Waals surface area contributed by atoms with Crippen molar-refractivity contribution in [2.75, 3.05) is 0 Å². The van der Waals surface area contributed by atoms with E-state index < -0.39 is 0 Å². The topological polar surface area (TPSA) is 47.3 Å². The predicted octanol–water partition coefficient (Wildman–Crippen LogP) is -0.561. The fourth-order valence-electron chi connectivity index (χ4n) is 1.76. The second-order valence-corrected chi connectivity index (χ2v) is 5.02. The average Bonchev–Trinajstić information content (AvgIpc) is 2.74. The van der Waals surface area contributed by atoms with Crippen LogP contribution in [0.3, 0.4) is 0 Å². The molecule has 0 amide bonds. The zero-order valence-corrected chi connectivity index (χ0v) is 12.8. The van der Waals surface area contributed by atoms with Gasteiger partial charge in [-0.2, -0.15) is 10.1 Å². The van der Waals surface area contributed by atoms with Gasteiger partial charge in [0.25, 0.3) is 5.56 Å². The van der Waals surface area contributed by atoms with Gasteiger partial charge < -0.3 is 17.0 Å². The van der Waals surface area contributed by atoms with Crippen molar-refractivity contribution in [3.63, 3.8) is 0 Å². The van der Waals surface area contributed by atoms with E-state index in [1.807, 2.05) is 17.5 Å². The van der Waals surface area contributed by atoms with E-state index in [0.717, 1.165) is 11.3 Å². The summed E-state index contributed by atoms with van der Waals surface area (Å²) in [4.78, 5) is 16.1. The highest BCUT2D eigenvalue weighted by Gasteiger charge is 2.09. The molecule has 1 aromatic carbocycles. The van der Waals surface area contributed by atoms with Crippen LogP contribution < -0.4 is 22.5 Å². The van der Waals surface area contributed by atoms with Crippen molar-refractivity contribution in [3.8, 4) is 11.3 Å². The van der Waals surface area contributed by atoms with Crippen LogP contribution in [0.25, 0.3) is 16.2 Å². The number of hydrogen-bond acceptors (Lipinski definition) is 4. The third-order valence-electron chi connectivity index (χ3n) is 2.79. The van der Waals surface area contributed by atoms with Gasteiger partial charge in [0, 0.05) is 10.9 Å². The quantitative estimate of drug-likeness (QED) is 0.598. The normalized spacial score (nSPS) is 10.4. The van der Waals surface area contributed by atoms with Gasteiger partial charge in [-0.05, 0) is 13.8 Å². The molecule has 6 heteroatoms. The number of nitrogens with zero attached hydrogens (tertiary/aromatic N) is 3. The third-order valence-corrected chi connectivity index (χ3v) is 3.61. The fourth-order valence-corrected chi connectivity index (χ4v) is 2.58. The summed E-state index contributed by atoms with van der Waals surface area (Å²) >= 11 is 1.43. The molecule has 19 heavy (non-hydrogen) atoms. The van der Waals surface area contributed by atoms with Gasteiger partial charge in [0.05, 0.1) is 5.69 Å². The molecular weight excluding hydrogens is 326 g/mol. The first kappa shape index (κ1) is 13.9. The molecule has 0 atom stereocenters. The number of rotatable bonds is 1. The molecular formula is C13H11BrN3OS-. The highest BCUT2D eigenvalue weighted by molar-refractivity contribution is 7.15. The van der Waals surface area contributed by atoms with E-state index in [9.17, 15) is 4.79 Å². The van der Waals surface area contributed by atoms with Gasteiger partial charge in [-0.15, -0.1) is 11.3 Å².